The Hall–Kier alpha value is -2.46. The second-order valence-electron chi connectivity index (χ2n) is 4.98. The van der Waals surface area contributed by atoms with Crippen molar-refractivity contribution in [3.05, 3.63) is 60.4 Å². The van der Waals surface area contributed by atoms with Crippen LogP contribution >= 0.6 is 0 Å². The largest absolute Gasteiger partial charge is 0.490 e. The van der Waals surface area contributed by atoms with Crippen molar-refractivity contribution in [1.29, 1.82) is 0 Å². The normalized spacial score (nSPS) is 12.3. The summed E-state index contributed by atoms with van der Waals surface area (Å²) in [5.41, 5.74) is 7.01. The number of hydrogen-bond acceptors (Lipinski definition) is 4. The smallest absolute Gasteiger partial charge is 0.161 e. The molecule has 3 aromatic rings. The lowest BCUT2D eigenvalue weighted by molar-refractivity contribution is 0.252. The lowest BCUT2D eigenvalue weighted by Gasteiger charge is -2.14. The molecule has 0 bridgehead atoms. The standard InChI is InChI=1S/C18H19NO3/c1-2-20-16-9-5-6-10-17(16)21-12-14(19)18-11-13-7-3-4-8-15(13)22-18/h3-11,14H,2,12,19H2,1H3. The maximum Gasteiger partial charge on any atom is 0.161 e. The number of hydrogen-bond donors (Lipinski definition) is 1. The van der Waals surface area contributed by atoms with Crippen molar-refractivity contribution < 1.29 is 13.9 Å². The summed E-state index contributed by atoms with van der Waals surface area (Å²) in [5, 5.41) is 1.04. The highest BCUT2D eigenvalue weighted by Crippen LogP contribution is 2.28. The summed E-state index contributed by atoms with van der Waals surface area (Å²) >= 11 is 0. The third-order valence-electron chi connectivity index (χ3n) is 3.38. The predicted molar refractivity (Wildman–Crippen MR) is 86.2 cm³/mol. The number of fused-ring (bicyclic) bond motifs is 1. The molecule has 2 N–H and O–H groups in total. The number of rotatable bonds is 6. The molecule has 2 aromatic carbocycles. The molecular formula is C18H19NO3. The molecule has 0 aliphatic heterocycles. The molecule has 0 saturated heterocycles. The Kier molecular flexibility index (Phi) is 4.30. The second-order valence-corrected chi connectivity index (χ2v) is 4.98. The van der Waals surface area contributed by atoms with Crippen molar-refractivity contribution >= 4 is 11.0 Å². The zero-order valence-electron chi connectivity index (χ0n) is 12.5. The van der Waals surface area contributed by atoms with Crippen LogP contribution < -0.4 is 15.2 Å². The predicted octanol–water partition coefficient (Wildman–Crippen LogP) is 3.91. The molecule has 0 spiro atoms. The first kappa shape index (κ1) is 14.5. The zero-order valence-corrected chi connectivity index (χ0v) is 12.5. The fourth-order valence-corrected chi connectivity index (χ4v) is 2.29. The van der Waals surface area contributed by atoms with E-state index in [2.05, 4.69) is 0 Å². The number of para-hydroxylation sites is 3. The van der Waals surface area contributed by atoms with E-state index in [1.165, 1.54) is 0 Å². The first-order valence-corrected chi connectivity index (χ1v) is 7.36. The van der Waals surface area contributed by atoms with Crippen LogP contribution in [0, 0.1) is 0 Å². The maximum atomic E-state index is 6.17. The summed E-state index contributed by atoms with van der Waals surface area (Å²) < 4.78 is 17.1. The molecule has 1 heterocycles. The molecular weight excluding hydrogens is 278 g/mol. The molecule has 0 aliphatic rings. The van der Waals surface area contributed by atoms with Crippen molar-refractivity contribution in [2.75, 3.05) is 13.2 Å². The van der Waals surface area contributed by atoms with Crippen molar-refractivity contribution in [1.82, 2.24) is 0 Å². The van der Waals surface area contributed by atoms with Gasteiger partial charge in [0.15, 0.2) is 11.5 Å². The average molecular weight is 297 g/mol. The van der Waals surface area contributed by atoms with E-state index in [9.17, 15) is 0 Å². The molecule has 0 amide bonds. The molecule has 1 unspecified atom stereocenters. The van der Waals surface area contributed by atoms with E-state index >= 15 is 0 Å². The summed E-state index contributed by atoms with van der Waals surface area (Å²) in [7, 11) is 0. The Balaban J connectivity index is 1.70. The van der Waals surface area contributed by atoms with Crippen LogP contribution in [0.4, 0.5) is 0 Å². The number of furan rings is 1. The molecule has 1 atom stereocenters. The van der Waals surface area contributed by atoms with Crippen molar-refractivity contribution in [3.8, 4) is 11.5 Å². The molecule has 4 nitrogen and oxygen atoms in total. The molecule has 114 valence electrons. The van der Waals surface area contributed by atoms with Gasteiger partial charge >= 0.3 is 0 Å². The third-order valence-corrected chi connectivity index (χ3v) is 3.38. The van der Waals surface area contributed by atoms with Crippen LogP contribution in [-0.2, 0) is 0 Å². The van der Waals surface area contributed by atoms with Crippen molar-refractivity contribution in [2.24, 2.45) is 5.73 Å². The van der Waals surface area contributed by atoms with E-state index in [1.54, 1.807) is 0 Å². The van der Waals surface area contributed by atoms with Gasteiger partial charge in [-0.25, -0.2) is 0 Å². The maximum absolute atomic E-state index is 6.17. The Morgan fingerprint density at radius 2 is 1.68 bits per heavy atom. The van der Waals surface area contributed by atoms with Gasteiger partial charge in [0.1, 0.15) is 18.0 Å². The summed E-state index contributed by atoms with van der Waals surface area (Å²) in [4.78, 5) is 0. The van der Waals surface area contributed by atoms with Crippen molar-refractivity contribution in [3.63, 3.8) is 0 Å². The van der Waals surface area contributed by atoms with E-state index in [1.807, 2.05) is 61.5 Å². The highest BCUT2D eigenvalue weighted by molar-refractivity contribution is 5.77. The second kappa shape index (κ2) is 6.54. The minimum atomic E-state index is -0.331. The van der Waals surface area contributed by atoms with Gasteiger partial charge in [-0.1, -0.05) is 30.3 Å². The monoisotopic (exact) mass is 297 g/mol. The van der Waals surface area contributed by atoms with Gasteiger partial charge in [-0.05, 0) is 31.2 Å². The topological polar surface area (TPSA) is 57.6 Å². The van der Waals surface area contributed by atoms with Gasteiger partial charge in [-0.2, -0.15) is 0 Å². The SMILES string of the molecule is CCOc1ccccc1OCC(N)c1cc2ccccc2o1. The van der Waals surface area contributed by atoms with E-state index in [0.717, 1.165) is 22.5 Å². The molecule has 0 aliphatic carbocycles. The van der Waals surface area contributed by atoms with Gasteiger partial charge in [0.05, 0.1) is 12.6 Å². The highest BCUT2D eigenvalue weighted by Gasteiger charge is 2.14. The van der Waals surface area contributed by atoms with Gasteiger partial charge in [-0.15, -0.1) is 0 Å². The van der Waals surface area contributed by atoms with E-state index in [0.29, 0.717) is 19.0 Å². The lowest BCUT2D eigenvalue weighted by atomic mass is 10.2. The lowest BCUT2D eigenvalue weighted by Crippen LogP contribution is -2.18. The summed E-state index contributed by atoms with van der Waals surface area (Å²) in [5.74, 6) is 2.13. The van der Waals surface area contributed by atoms with Crippen LogP contribution in [0.3, 0.4) is 0 Å². The molecule has 0 radical (unpaired) electrons. The third kappa shape index (κ3) is 3.07. The van der Waals surface area contributed by atoms with Crippen LogP contribution in [0.25, 0.3) is 11.0 Å². The van der Waals surface area contributed by atoms with Crippen LogP contribution in [0.1, 0.15) is 18.7 Å². The van der Waals surface area contributed by atoms with Crippen LogP contribution in [0.15, 0.2) is 59.0 Å². The van der Waals surface area contributed by atoms with Gasteiger partial charge < -0.3 is 19.6 Å². The Morgan fingerprint density at radius 1 is 1.00 bits per heavy atom. The zero-order chi connectivity index (χ0) is 15.4. The minimum absolute atomic E-state index is 0.323. The van der Waals surface area contributed by atoms with Crippen LogP contribution in [0.5, 0.6) is 11.5 Å². The van der Waals surface area contributed by atoms with Gasteiger partial charge in [0.2, 0.25) is 0 Å². The average Bonchev–Trinajstić information content (AvgIpc) is 2.98. The van der Waals surface area contributed by atoms with Crippen LogP contribution in [0.2, 0.25) is 0 Å². The fraction of sp³-hybridized carbons (Fsp3) is 0.222. The number of nitrogens with two attached hydrogens (primary N) is 1. The minimum Gasteiger partial charge on any atom is -0.490 e. The van der Waals surface area contributed by atoms with Gasteiger partial charge in [-0.3, -0.25) is 0 Å². The highest BCUT2D eigenvalue weighted by atomic mass is 16.5. The number of benzene rings is 2. The fourth-order valence-electron chi connectivity index (χ4n) is 2.29. The van der Waals surface area contributed by atoms with E-state index in [-0.39, 0.29) is 6.04 Å². The molecule has 4 heteroatoms. The summed E-state index contributed by atoms with van der Waals surface area (Å²) in [6, 6.07) is 17.0. The molecule has 1 aromatic heterocycles. The Labute approximate surface area is 129 Å². The Bertz CT molecular complexity index is 718. The van der Waals surface area contributed by atoms with Crippen molar-refractivity contribution in [2.45, 2.75) is 13.0 Å². The van der Waals surface area contributed by atoms with Gasteiger partial charge in [0, 0.05) is 5.39 Å². The molecule has 0 fully saturated rings. The van der Waals surface area contributed by atoms with E-state index < -0.39 is 0 Å². The first-order chi connectivity index (χ1) is 10.8. The quantitative estimate of drug-likeness (QED) is 0.749. The summed E-state index contributed by atoms with van der Waals surface area (Å²) in [6.45, 7) is 2.86. The first-order valence-electron chi connectivity index (χ1n) is 7.36. The molecule has 22 heavy (non-hydrogen) atoms. The van der Waals surface area contributed by atoms with E-state index in [4.69, 9.17) is 19.6 Å². The summed E-state index contributed by atoms with van der Waals surface area (Å²) in [6.07, 6.45) is 0. The Morgan fingerprint density at radius 3 is 2.41 bits per heavy atom. The van der Waals surface area contributed by atoms with Crippen LogP contribution in [-0.4, -0.2) is 13.2 Å². The van der Waals surface area contributed by atoms with Gasteiger partial charge in [0.25, 0.3) is 0 Å². The molecule has 3 rings (SSSR count). The number of ether oxygens (including phenoxy) is 2. The molecule has 0 saturated carbocycles.